The first-order valence-electron chi connectivity index (χ1n) is 3.15. The van der Waals surface area contributed by atoms with Crippen molar-refractivity contribution in [3.63, 3.8) is 0 Å². The van der Waals surface area contributed by atoms with Crippen molar-refractivity contribution < 1.29 is 15.0 Å². The summed E-state index contributed by atoms with van der Waals surface area (Å²) < 4.78 is 0. The van der Waals surface area contributed by atoms with Crippen molar-refractivity contribution in [2.75, 3.05) is 0 Å². The minimum Gasteiger partial charge on any atom is -0.392 e. The van der Waals surface area contributed by atoms with Crippen molar-refractivity contribution >= 4 is 5.97 Å². The molecule has 1 rings (SSSR count). The number of hydrogen-bond acceptors (Lipinski definition) is 2. The van der Waals surface area contributed by atoms with Crippen molar-refractivity contribution in [3.05, 3.63) is 35.4 Å². The molecule has 0 aliphatic heterocycles. The van der Waals surface area contributed by atoms with Crippen molar-refractivity contribution in [2.24, 2.45) is 0 Å². The molecule has 0 aliphatic carbocycles. The van der Waals surface area contributed by atoms with E-state index in [-0.39, 0.29) is 12.2 Å². The van der Waals surface area contributed by atoms with E-state index in [0.29, 0.717) is 5.56 Å². The van der Waals surface area contributed by atoms with Crippen molar-refractivity contribution in [1.82, 2.24) is 0 Å². The molecule has 0 atom stereocenters. The highest BCUT2D eigenvalue weighted by molar-refractivity contribution is 5.87. The molecule has 0 amide bonds. The number of benzene rings is 1. The molecule has 11 heavy (non-hydrogen) atoms. The maximum Gasteiger partial charge on any atom is 0.386 e. The molecule has 0 bridgehead atoms. The average Bonchev–Trinajstić information content (AvgIpc) is 2.05. The van der Waals surface area contributed by atoms with Crippen LogP contribution in [0.15, 0.2) is 24.3 Å². The highest BCUT2D eigenvalue weighted by atomic mass is 16.4. The second kappa shape index (κ2) is 3.16. The summed E-state index contributed by atoms with van der Waals surface area (Å²) >= 11 is 0. The summed E-state index contributed by atoms with van der Waals surface area (Å²) in [5, 5.41) is 18.8. The zero-order valence-electron chi connectivity index (χ0n) is 5.78. The maximum absolute atomic E-state index is 10.2. The molecule has 1 aromatic carbocycles. The molecule has 0 aromatic heterocycles. The number of rotatable bonds is 2. The van der Waals surface area contributed by atoms with Crippen molar-refractivity contribution in [2.45, 2.75) is 6.61 Å². The van der Waals surface area contributed by atoms with Gasteiger partial charge in [0, 0.05) is 0 Å². The molecular weight excluding hydrogens is 144 g/mol. The first-order valence-corrected chi connectivity index (χ1v) is 3.15. The Kier molecular flexibility index (Phi) is 2.23. The highest BCUT2D eigenvalue weighted by Crippen LogP contribution is 2.03. The Bertz CT molecular complexity index is 251. The van der Waals surface area contributed by atoms with Gasteiger partial charge in [0.15, 0.2) is 0 Å². The summed E-state index contributed by atoms with van der Waals surface area (Å²) in [7, 11) is 0. The Morgan fingerprint density at radius 2 is 1.82 bits per heavy atom. The van der Waals surface area contributed by atoms with Gasteiger partial charge in [0.2, 0.25) is 0 Å². The van der Waals surface area contributed by atoms with Gasteiger partial charge in [0.25, 0.3) is 0 Å². The van der Waals surface area contributed by atoms with Gasteiger partial charge >= 0.3 is 5.97 Å². The summed E-state index contributed by atoms with van der Waals surface area (Å²) in [5.74, 6) is -1.20. The van der Waals surface area contributed by atoms with E-state index < -0.39 is 5.97 Å². The predicted octanol–water partition coefficient (Wildman–Crippen LogP) is 0.750. The van der Waals surface area contributed by atoms with E-state index in [1.165, 1.54) is 12.1 Å². The number of aliphatic hydroxyl groups excluding tert-OH is 1. The lowest BCUT2D eigenvalue weighted by atomic mass is 10.1. The molecule has 0 fully saturated rings. The van der Waals surface area contributed by atoms with E-state index in [1.807, 2.05) is 0 Å². The van der Waals surface area contributed by atoms with Crippen LogP contribution in [0.3, 0.4) is 0 Å². The third-order valence-electron chi connectivity index (χ3n) is 1.37. The second-order valence-corrected chi connectivity index (χ2v) is 2.14. The lowest BCUT2D eigenvalue weighted by molar-refractivity contribution is 0.0573. The van der Waals surface area contributed by atoms with Gasteiger partial charge in [-0.25, -0.2) is 9.90 Å². The van der Waals surface area contributed by atoms with Crippen LogP contribution >= 0.6 is 0 Å². The Balaban J connectivity index is 2.91. The fraction of sp³-hybridized carbons (Fsp3) is 0.125. The summed E-state index contributed by atoms with van der Waals surface area (Å²) in [6.07, 6.45) is 0. The summed E-state index contributed by atoms with van der Waals surface area (Å²) in [4.78, 5) is 10.2. The predicted molar refractivity (Wildman–Crippen MR) is 37.4 cm³/mol. The van der Waals surface area contributed by atoms with E-state index >= 15 is 0 Å². The summed E-state index contributed by atoms with van der Waals surface area (Å²) in [5.41, 5.74) is 0.817. The molecule has 0 heterocycles. The Morgan fingerprint density at radius 1 is 1.27 bits per heavy atom. The quantitative estimate of drug-likeness (QED) is 0.678. The van der Waals surface area contributed by atoms with Crippen molar-refractivity contribution in [1.29, 1.82) is 0 Å². The van der Waals surface area contributed by atoms with Crippen LogP contribution in [0.2, 0.25) is 0 Å². The topological polar surface area (TPSA) is 57.2 Å². The lowest BCUT2D eigenvalue weighted by Crippen LogP contribution is -1.93. The van der Waals surface area contributed by atoms with E-state index in [0.717, 1.165) is 0 Å². The Hall–Kier alpha value is -1.35. The van der Waals surface area contributed by atoms with Gasteiger partial charge in [-0.3, -0.25) is 0 Å². The third kappa shape index (κ3) is 1.78. The van der Waals surface area contributed by atoms with Crippen LogP contribution in [-0.2, 0) is 11.7 Å². The Morgan fingerprint density at radius 3 is 2.18 bits per heavy atom. The van der Waals surface area contributed by atoms with E-state index in [9.17, 15) is 9.90 Å². The van der Waals surface area contributed by atoms with Gasteiger partial charge in [-0.1, -0.05) is 12.1 Å². The highest BCUT2D eigenvalue weighted by Gasteiger charge is 2.02. The van der Waals surface area contributed by atoms with Crippen LogP contribution in [0.4, 0.5) is 0 Å². The minimum absolute atomic E-state index is 0.0761. The summed E-state index contributed by atoms with van der Waals surface area (Å²) in [6, 6.07) is 5.90. The van der Waals surface area contributed by atoms with Crippen LogP contribution in [-0.4, -0.2) is 11.1 Å². The monoisotopic (exact) mass is 151 g/mol. The zero-order chi connectivity index (χ0) is 8.27. The molecule has 3 heteroatoms. The van der Waals surface area contributed by atoms with Crippen LogP contribution in [0, 0.1) is 0 Å². The zero-order valence-corrected chi connectivity index (χ0v) is 5.78. The van der Waals surface area contributed by atoms with E-state index in [1.54, 1.807) is 12.1 Å². The maximum atomic E-state index is 10.2. The smallest absolute Gasteiger partial charge is 0.386 e. The van der Waals surface area contributed by atoms with Gasteiger partial charge in [-0.15, -0.1) is 0 Å². The molecule has 0 saturated carbocycles. The first kappa shape index (κ1) is 7.75. The molecule has 0 unspecified atom stereocenters. The Labute approximate surface area is 63.9 Å². The SMILES string of the molecule is [O]C(=O)c1ccc(CO)cc1. The third-order valence-corrected chi connectivity index (χ3v) is 1.37. The number of carbonyl (C=O) groups is 1. The van der Waals surface area contributed by atoms with Crippen LogP contribution in [0.5, 0.6) is 0 Å². The molecule has 0 saturated heterocycles. The normalized spacial score (nSPS) is 9.55. The molecule has 57 valence electrons. The van der Waals surface area contributed by atoms with E-state index in [2.05, 4.69) is 0 Å². The fourth-order valence-corrected chi connectivity index (χ4v) is 0.746. The molecule has 1 aromatic rings. The molecule has 0 spiro atoms. The lowest BCUT2D eigenvalue weighted by Gasteiger charge is -1.94. The van der Waals surface area contributed by atoms with Gasteiger partial charge in [-0.05, 0) is 17.7 Å². The van der Waals surface area contributed by atoms with Gasteiger partial charge in [-0.2, -0.15) is 0 Å². The standard InChI is InChI=1S/C8H7O3/c9-5-6-1-3-7(4-2-6)8(10)11/h1-4,9H,5H2. The van der Waals surface area contributed by atoms with E-state index in [4.69, 9.17) is 5.11 Å². The number of carbonyl (C=O) groups excluding carboxylic acids is 1. The first-order chi connectivity index (χ1) is 5.24. The minimum atomic E-state index is -1.20. The molecular formula is C8H7O3. The molecule has 1 radical (unpaired) electrons. The largest absolute Gasteiger partial charge is 0.392 e. The van der Waals surface area contributed by atoms with Gasteiger partial charge < -0.3 is 5.11 Å². The fourth-order valence-electron chi connectivity index (χ4n) is 0.746. The van der Waals surface area contributed by atoms with Crippen LogP contribution < -0.4 is 0 Å². The summed E-state index contributed by atoms with van der Waals surface area (Å²) in [6.45, 7) is -0.0761. The van der Waals surface area contributed by atoms with Crippen molar-refractivity contribution in [3.8, 4) is 0 Å². The second-order valence-electron chi connectivity index (χ2n) is 2.14. The van der Waals surface area contributed by atoms with Gasteiger partial charge in [0.1, 0.15) is 0 Å². The number of aliphatic hydroxyl groups is 1. The van der Waals surface area contributed by atoms with Crippen LogP contribution in [0.25, 0.3) is 0 Å². The molecule has 1 N–H and O–H groups in total. The van der Waals surface area contributed by atoms with Crippen LogP contribution in [0.1, 0.15) is 15.9 Å². The average molecular weight is 151 g/mol. The van der Waals surface area contributed by atoms with Gasteiger partial charge in [0.05, 0.1) is 12.2 Å². The molecule has 3 nitrogen and oxygen atoms in total. The molecule has 0 aliphatic rings. The number of hydrogen-bond donors (Lipinski definition) is 1.